The summed E-state index contributed by atoms with van der Waals surface area (Å²) in [6, 6.07) is 4.45. The van der Waals surface area contributed by atoms with E-state index in [4.69, 9.17) is 14.2 Å². The van der Waals surface area contributed by atoms with Gasteiger partial charge in [-0.3, -0.25) is 0 Å². The Hall–Kier alpha value is -1.42. The van der Waals surface area contributed by atoms with Gasteiger partial charge in [0.25, 0.3) is 0 Å². The predicted octanol–water partition coefficient (Wildman–Crippen LogP) is 4.19. The van der Waals surface area contributed by atoms with Crippen molar-refractivity contribution >= 4 is 0 Å². The smallest absolute Gasteiger partial charge is 0.231 e. The van der Waals surface area contributed by atoms with Gasteiger partial charge in [0.05, 0.1) is 0 Å². The van der Waals surface area contributed by atoms with Gasteiger partial charge in [-0.15, -0.1) is 0 Å². The van der Waals surface area contributed by atoms with Gasteiger partial charge in [-0.25, -0.2) is 0 Å². The molecule has 0 radical (unpaired) electrons. The summed E-state index contributed by atoms with van der Waals surface area (Å²) in [4.78, 5) is 0. The first-order valence-electron chi connectivity index (χ1n) is 8.58. The Morgan fingerprint density at radius 3 is 2.68 bits per heavy atom. The lowest BCUT2D eigenvalue weighted by atomic mass is 9.83. The van der Waals surface area contributed by atoms with Gasteiger partial charge >= 0.3 is 0 Å². The van der Waals surface area contributed by atoms with Gasteiger partial charge in [-0.1, -0.05) is 27.2 Å². The van der Waals surface area contributed by atoms with Crippen LogP contribution in [0.2, 0.25) is 0 Å². The lowest BCUT2D eigenvalue weighted by Crippen LogP contribution is -2.43. The van der Waals surface area contributed by atoms with Crippen LogP contribution in [0.1, 0.15) is 64.5 Å². The molecule has 0 aromatic heterocycles. The average Bonchev–Trinajstić information content (AvgIpc) is 3.03. The summed E-state index contributed by atoms with van der Waals surface area (Å²) < 4.78 is 17.6. The third-order valence-corrected chi connectivity index (χ3v) is 5.00. The molecule has 22 heavy (non-hydrogen) atoms. The van der Waals surface area contributed by atoms with Crippen LogP contribution in [-0.2, 0) is 0 Å². The van der Waals surface area contributed by atoms with E-state index in [0.29, 0.717) is 6.04 Å². The largest absolute Gasteiger partial charge is 0.483 e. The number of fused-ring (bicyclic) bond motifs is 3. The third kappa shape index (κ3) is 2.65. The Kier molecular flexibility index (Phi) is 4.48. The Bertz CT molecular complexity index is 525. The van der Waals surface area contributed by atoms with Crippen LogP contribution in [0.3, 0.4) is 0 Å². The normalized spacial score (nSPS) is 21.3. The zero-order valence-corrected chi connectivity index (χ0v) is 13.9. The van der Waals surface area contributed by atoms with E-state index in [0.717, 1.165) is 43.1 Å². The van der Waals surface area contributed by atoms with Crippen LogP contribution in [0.15, 0.2) is 12.1 Å². The summed E-state index contributed by atoms with van der Waals surface area (Å²) in [6.45, 7) is 7.96. The van der Waals surface area contributed by atoms with Crippen molar-refractivity contribution in [3.05, 3.63) is 17.7 Å². The van der Waals surface area contributed by atoms with Crippen molar-refractivity contribution in [2.75, 3.05) is 13.3 Å². The minimum atomic E-state index is -0.113. The maximum Gasteiger partial charge on any atom is 0.231 e. The van der Waals surface area contributed by atoms with Crippen LogP contribution in [0.4, 0.5) is 0 Å². The van der Waals surface area contributed by atoms with Crippen molar-refractivity contribution < 1.29 is 14.2 Å². The molecule has 0 saturated carbocycles. The van der Waals surface area contributed by atoms with Crippen LogP contribution in [0.5, 0.6) is 17.2 Å². The zero-order chi connectivity index (χ0) is 15.6. The Balaban J connectivity index is 1.95. The maximum atomic E-state index is 6.45. The Morgan fingerprint density at radius 2 is 1.95 bits per heavy atom. The molecule has 2 heterocycles. The van der Waals surface area contributed by atoms with Crippen molar-refractivity contribution in [3.8, 4) is 17.2 Å². The van der Waals surface area contributed by atoms with Gasteiger partial charge in [-0.2, -0.15) is 0 Å². The quantitative estimate of drug-likeness (QED) is 0.800. The van der Waals surface area contributed by atoms with Gasteiger partial charge in [0.15, 0.2) is 11.5 Å². The molecule has 1 unspecified atom stereocenters. The molecular formula is C18H27NO3. The molecule has 2 aliphatic rings. The topological polar surface area (TPSA) is 39.7 Å². The Labute approximate surface area is 133 Å². The van der Waals surface area contributed by atoms with E-state index in [1.807, 2.05) is 6.07 Å². The molecule has 0 fully saturated rings. The molecule has 0 saturated heterocycles. The molecule has 4 heteroatoms. The van der Waals surface area contributed by atoms with Gasteiger partial charge in [-0.05, 0) is 37.9 Å². The van der Waals surface area contributed by atoms with E-state index >= 15 is 0 Å². The van der Waals surface area contributed by atoms with Crippen LogP contribution < -0.4 is 19.5 Å². The number of benzene rings is 1. The van der Waals surface area contributed by atoms with Crippen LogP contribution in [-0.4, -0.2) is 18.9 Å². The van der Waals surface area contributed by atoms with Crippen molar-refractivity contribution in [2.45, 2.75) is 64.5 Å². The van der Waals surface area contributed by atoms with E-state index in [1.165, 1.54) is 18.4 Å². The minimum Gasteiger partial charge on any atom is -0.483 e. The van der Waals surface area contributed by atoms with Crippen molar-refractivity contribution in [3.63, 3.8) is 0 Å². The maximum absolute atomic E-state index is 6.45. The number of rotatable bonds is 6. The second-order valence-electron chi connectivity index (χ2n) is 6.27. The van der Waals surface area contributed by atoms with Gasteiger partial charge in [0, 0.05) is 18.0 Å². The molecule has 1 aromatic carbocycles. The van der Waals surface area contributed by atoms with E-state index in [2.05, 4.69) is 32.2 Å². The first kappa shape index (κ1) is 15.5. The molecule has 4 nitrogen and oxygen atoms in total. The highest BCUT2D eigenvalue weighted by Gasteiger charge is 2.41. The van der Waals surface area contributed by atoms with Crippen LogP contribution in [0.25, 0.3) is 0 Å². The number of hydrogen-bond donors (Lipinski definition) is 1. The molecule has 0 aliphatic carbocycles. The van der Waals surface area contributed by atoms with Crippen LogP contribution >= 0.6 is 0 Å². The summed E-state index contributed by atoms with van der Waals surface area (Å²) in [5, 5.41) is 3.72. The Morgan fingerprint density at radius 1 is 1.14 bits per heavy atom. The second-order valence-corrected chi connectivity index (χ2v) is 6.27. The highest BCUT2D eigenvalue weighted by atomic mass is 16.7. The fourth-order valence-corrected chi connectivity index (χ4v) is 3.40. The fourth-order valence-electron chi connectivity index (χ4n) is 3.40. The summed E-state index contributed by atoms with van der Waals surface area (Å²) >= 11 is 0. The fraction of sp³-hybridized carbons (Fsp3) is 0.667. The predicted molar refractivity (Wildman–Crippen MR) is 86.8 cm³/mol. The summed E-state index contributed by atoms with van der Waals surface area (Å²) in [5.74, 6) is 2.47. The molecule has 0 bridgehead atoms. The average molecular weight is 305 g/mol. The number of ether oxygens (including phenoxy) is 3. The highest BCUT2D eigenvalue weighted by Crippen LogP contribution is 2.51. The molecule has 122 valence electrons. The number of nitrogens with one attached hydrogen (secondary N) is 1. The molecule has 0 amide bonds. The van der Waals surface area contributed by atoms with Crippen molar-refractivity contribution in [2.24, 2.45) is 0 Å². The van der Waals surface area contributed by atoms with Crippen molar-refractivity contribution in [1.29, 1.82) is 0 Å². The first-order chi connectivity index (χ1) is 10.7. The summed E-state index contributed by atoms with van der Waals surface area (Å²) in [5.41, 5.74) is 1.09. The molecule has 0 spiro atoms. The van der Waals surface area contributed by atoms with E-state index in [9.17, 15) is 0 Å². The van der Waals surface area contributed by atoms with E-state index in [1.54, 1.807) is 0 Å². The molecule has 1 aromatic rings. The molecule has 1 N–H and O–H groups in total. The van der Waals surface area contributed by atoms with E-state index in [-0.39, 0.29) is 12.4 Å². The lowest BCUT2D eigenvalue weighted by Gasteiger charge is -2.42. The first-order valence-corrected chi connectivity index (χ1v) is 8.58. The van der Waals surface area contributed by atoms with Gasteiger partial charge in [0.2, 0.25) is 12.5 Å². The van der Waals surface area contributed by atoms with Gasteiger partial charge in [0.1, 0.15) is 5.60 Å². The van der Waals surface area contributed by atoms with Crippen LogP contribution in [0, 0.1) is 0 Å². The SMILES string of the molecule is CCCCNC1CC(CC)(CC)Oc2c1ccc1c2OCO1. The third-order valence-electron chi connectivity index (χ3n) is 5.00. The standard InChI is InChI=1S/C18H27NO3/c1-4-7-10-19-14-11-18(5-2,6-3)22-16-13(14)8-9-15-17(16)21-12-20-15/h8-9,14,19H,4-7,10-12H2,1-3H3. The number of unbranched alkanes of at least 4 members (excludes halogenated alkanes) is 1. The highest BCUT2D eigenvalue weighted by molar-refractivity contribution is 5.59. The summed E-state index contributed by atoms with van der Waals surface area (Å²) in [7, 11) is 0. The minimum absolute atomic E-state index is 0.113. The molecule has 3 rings (SSSR count). The summed E-state index contributed by atoms with van der Waals surface area (Å²) in [6.07, 6.45) is 5.41. The monoisotopic (exact) mass is 305 g/mol. The molecule has 2 aliphatic heterocycles. The molecular weight excluding hydrogens is 278 g/mol. The number of hydrogen-bond acceptors (Lipinski definition) is 4. The van der Waals surface area contributed by atoms with Crippen molar-refractivity contribution in [1.82, 2.24) is 5.32 Å². The van der Waals surface area contributed by atoms with Gasteiger partial charge < -0.3 is 19.5 Å². The zero-order valence-electron chi connectivity index (χ0n) is 13.9. The molecule has 1 atom stereocenters. The van der Waals surface area contributed by atoms with E-state index < -0.39 is 0 Å². The lowest BCUT2D eigenvalue weighted by molar-refractivity contribution is 0.0196. The second kappa shape index (κ2) is 6.37.